The predicted molar refractivity (Wildman–Crippen MR) is 82.1 cm³/mol. The zero-order chi connectivity index (χ0) is 15.7. The molecule has 130 valence electrons. The topological polar surface area (TPSA) is 211 Å². The van der Waals surface area contributed by atoms with E-state index in [-0.39, 0.29) is 23.8 Å². The van der Waals surface area contributed by atoms with Crippen LogP contribution in [-0.2, 0) is 19.2 Å². The fourth-order valence-electron chi connectivity index (χ4n) is 1.06. The molecule has 10 N–H and O–H groups in total. The first-order valence-corrected chi connectivity index (χ1v) is 7.93. The van der Waals surface area contributed by atoms with Gasteiger partial charge in [0.15, 0.2) is 0 Å². The van der Waals surface area contributed by atoms with E-state index in [9.17, 15) is 29.4 Å². The van der Waals surface area contributed by atoms with E-state index in [0.29, 0.717) is 0 Å². The summed E-state index contributed by atoms with van der Waals surface area (Å²) in [5.74, 6) is -3.84. The summed E-state index contributed by atoms with van der Waals surface area (Å²) in [5.41, 5.74) is 0. The van der Waals surface area contributed by atoms with Gasteiger partial charge in [-0.1, -0.05) is 21.6 Å². The molecule has 10 nitrogen and oxygen atoms in total. The molecular formula is C10H22N4O6S2. The average Bonchev–Trinajstić information content (AvgIpc) is 2.29. The molecule has 0 aromatic carbocycles. The molecule has 0 spiro atoms. The maximum atomic E-state index is 10.8. The summed E-state index contributed by atoms with van der Waals surface area (Å²) in [6.45, 7) is 2.35. The zero-order valence-corrected chi connectivity index (χ0v) is 14.5. The number of carboxylic acids is 2. The Morgan fingerprint density at radius 2 is 1.09 bits per heavy atom. The van der Waals surface area contributed by atoms with Crippen LogP contribution < -0.4 is 33.1 Å². The molecule has 0 heterocycles. The van der Waals surface area contributed by atoms with Crippen LogP contribution in [0.25, 0.3) is 0 Å². The third kappa shape index (κ3) is 12.3. The number of amides is 2. The predicted octanol–water partition coefficient (Wildman–Crippen LogP) is -2.37. The third-order valence-electron chi connectivity index (χ3n) is 1.88. The maximum absolute atomic E-state index is 10.8. The van der Waals surface area contributed by atoms with E-state index in [2.05, 4.69) is 10.6 Å². The fraction of sp³-hybridized carbons (Fsp3) is 0.600. The van der Waals surface area contributed by atoms with Crippen LogP contribution in [-0.4, -0.2) is 47.3 Å². The van der Waals surface area contributed by atoms with Gasteiger partial charge in [-0.05, 0) is 0 Å². The minimum Gasteiger partial charge on any atom is -0.548 e. The lowest BCUT2D eigenvalue weighted by molar-refractivity contribution is -0.308. The number of aliphatic carboxylic acids is 2. The van der Waals surface area contributed by atoms with Crippen molar-refractivity contribution in [3.05, 3.63) is 0 Å². The van der Waals surface area contributed by atoms with Gasteiger partial charge in [-0.25, -0.2) is 0 Å². The average molecular weight is 358 g/mol. The molecule has 0 saturated carbocycles. The number of rotatable bonds is 9. The van der Waals surface area contributed by atoms with Crippen LogP contribution in [0.15, 0.2) is 0 Å². The molecule has 0 aromatic rings. The van der Waals surface area contributed by atoms with E-state index in [1.165, 1.54) is 13.8 Å². The molecule has 0 bridgehead atoms. The van der Waals surface area contributed by atoms with Gasteiger partial charge in [0.05, 0.1) is 24.0 Å². The lowest BCUT2D eigenvalue weighted by Gasteiger charge is -2.20. The third-order valence-corrected chi connectivity index (χ3v) is 4.30. The molecule has 0 saturated heterocycles. The number of hydrogen-bond acceptors (Lipinski definition) is 8. The fourth-order valence-corrected chi connectivity index (χ4v) is 3.36. The van der Waals surface area contributed by atoms with Crippen molar-refractivity contribution < 1.29 is 29.4 Å². The first-order valence-electron chi connectivity index (χ1n) is 5.44. The van der Waals surface area contributed by atoms with Crippen molar-refractivity contribution in [2.45, 2.75) is 25.9 Å². The van der Waals surface area contributed by atoms with Crippen LogP contribution in [0.1, 0.15) is 13.8 Å². The van der Waals surface area contributed by atoms with Crippen LogP contribution >= 0.6 is 21.6 Å². The van der Waals surface area contributed by atoms with Gasteiger partial charge in [-0.15, -0.1) is 0 Å². The van der Waals surface area contributed by atoms with E-state index in [0.717, 1.165) is 21.6 Å². The molecule has 0 aliphatic rings. The van der Waals surface area contributed by atoms with Crippen molar-refractivity contribution in [1.82, 2.24) is 22.9 Å². The summed E-state index contributed by atoms with van der Waals surface area (Å²) in [4.78, 5) is 42.9. The monoisotopic (exact) mass is 358 g/mol. The van der Waals surface area contributed by atoms with Crippen molar-refractivity contribution >= 4 is 45.3 Å². The number of carbonyl (C=O) groups is 4. The lowest BCUT2D eigenvalue weighted by Crippen LogP contribution is -2.49. The van der Waals surface area contributed by atoms with E-state index in [4.69, 9.17) is 0 Å². The van der Waals surface area contributed by atoms with Gasteiger partial charge in [0.25, 0.3) is 0 Å². The van der Waals surface area contributed by atoms with Gasteiger partial charge in [-0.3, -0.25) is 9.59 Å². The highest BCUT2D eigenvalue weighted by molar-refractivity contribution is 8.76. The highest BCUT2D eigenvalue weighted by Gasteiger charge is 2.14. The van der Waals surface area contributed by atoms with Crippen LogP contribution in [0, 0.1) is 0 Å². The summed E-state index contributed by atoms with van der Waals surface area (Å²) in [5, 5.41) is 25.8. The van der Waals surface area contributed by atoms with Crippen LogP contribution in [0.4, 0.5) is 0 Å². The Kier molecular flexibility index (Phi) is 15.3. The standard InChI is InChI=1S/C10H16N2O6S2.2H3N/c1-5(13)11-7(9(15)16)3-19-20-4-8(10(17)18)12-6(2)14;;/h7-8H,3-4H2,1-2H3,(H,11,13)(H,12,14)(H,15,16)(H,17,18);2*1H3/t7-,8-;;/m0../s1. The quantitative estimate of drug-likeness (QED) is 0.257. The summed E-state index contributed by atoms with van der Waals surface area (Å²) in [6.07, 6.45) is 0. The first-order chi connectivity index (χ1) is 9.23. The molecule has 0 aliphatic carbocycles. The Hall–Kier alpha value is -1.50. The van der Waals surface area contributed by atoms with Gasteiger partial charge in [0.1, 0.15) is 0 Å². The largest absolute Gasteiger partial charge is 0.548 e. The second-order valence-electron chi connectivity index (χ2n) is 3.71. The normalized spacial score (nSPS) is 11.9. The number of nitrogens with one attached hydrogen (secondary N) is 2. The van der Waals surface area contributed by atoms with Crippen LogP contribution in [0.2, 0.25) is 0 Å². The Morgan fingerprint density at radius 1 is 0.818 bits per heavy atom. The summed E-state index contributed by atoms with van der Waals surface area (Å²) in [6, 6.07) is -2.32. The zero-order valence-electron chi connectivity index (χ0n) is 12.8. The highest BCUT2D eigenvalue weighted by atomic mass is 33.1. The first kappa shape index (κ1) is 25.5. The van der Waals surface area contributed by atoms with E-state index in [1.54, 1.807) is 0 Å². The molecule has 0 fully saturated rings. The number of quaternary nitrogens is 2. The molecule has 0 unspecified atom stereocenters. The molecule has 22 heavy (non-hydrogen) atoms. The Morgan fingerprint density at radius 3 is 1.27 bits per heavy atom. The van der Waals surface area contributed by atoms with Gasteiger partial charge >= 0.3 is 0 Å². The minimum absolute atomic E-state index is 0. The highest BCUT2D eigenvalue weighted by Crippen LogP contribution is 2.22. The SMILES string of the molecule is CC(=O)N[C@@H](CSSC[C@H](NC(C)=O)C(=O)[O-])C(=O)[O-].[NH4+].[NH4+]. The lowest BCUT2D eigenvalue weighted by atomic mass is 10.3. The Balaban J connectivity index is -0.00000180. The van der Waals surface area contributed by atoms with Crippen molar-refractivity contribution in [2.75, 3.05) is 11.5 Å². The molecule has 0 rings (SSSR count). The maximum Gasteiger partial charge on any atom is 0.217 e. The van der Waals surface area contributed by atoms with Gasteiger partial charge in [-0.2, -0.15) is 0 Å². The summed E-state index contributed by atoms with van der Waals surface area (Å²) in [7, 11) is 2.09. The van der Waals surface area contributed by atoms with Crippen molar-refractivity contribution in [3.8, 4) is 0 Å². The molecule has 12 heteroatoms. The van der Waals surface area contributed by atoms with Crippen molar-refractivity contribution in [1.29, 1.82) is 0 Å². The van der Waals surface area contributed by atoms with Crippen molar-refractivity contribution in [3.63, 3.8) is 0 Å². The van der Waals surface area contributed by atoms with E-state index < -0.39 is 35.8 Å². The van der Waals surface area contributed by atoms with Gasteiger partial charge in [0.2, 0.25) is 11.8 Å². The molecule has 2 atom stereocenters. The van der Waals surface area contributed by atoms with E-state index >= 15 is 0 Å². The molecule has 0 radical (unpaired) electrons. The van der Waals surface area contributed by atoms with Crippen molar-refractivity contribution in [2.24, 2.45) is 0 Å². The van der Waals surface area contributed by atoms with E-state index in [1.807, 2.05) is 0 Å². The minimum atomic E-state index is -1.42. The summed E-state index contributed by atoms with van der Waals surface area (Å²) >= 11 is 0. The molecular weight excluding hydrogens is 336 g/mol. The van der Waals surface area contributed by atoms with Crippen LogP contribution in [0.5, 0.6) is 0 Å². The number of carboxylic acid groups (broad SMARTS) is 2. The summed E-state index contributed by atoms with van der Waals surface area (Å²) < 4.78 is 0. The molecule has 2 amide bonds. The number of carbonyl (C=O) groups excluding carboxylic acids is 4. The Bertz CT molecular complexity index is 360. The molecule has 0 aliphatic heterocycles. The second-order valence-corrected chi connectivity index (χ2v) is 6.27. The Labute approximate surface area is 135 Å². The van der Waals surface area contributed by atoms with Gasteiger partial charge < -0.3 is 42.7 Å². The second kappa shape index (κ2) is 13.2. The van der Waals surface area contributed by atoms with Gasteiger partial charge in [0, 0.05) is 25.4 Å². The smallest absolute Gasteiger partial charge is 0.217 e. The molecule has 0 aromatic heterocycles. The number of hydrogen-bond donors (Lipinski definition) is 4. The van der Waals surface area contributed by atoms with Crippen LogP contribution in [0.3, 0.4) is 0 Å².